The Bertz CT molecular complexity index is 1390. The minimum absolute atomic E-state index is 0.157. The Hall–Kier alpha value is -3.52. The van der Waals surface area contributed by atoms with Crippen LogP contribution in [0.2, 0.25) is 0 Å². The van der Waals surface area contributed by atoms with Gasteiger partial charge in [-0.2, -0.15) is 5.10 Å². The topological polar surface area (TPSA) is 63.0 Å². The van der Waals surface area contributed by atoms with E-state index < -0.39 is 0 Å². The van der Waals surface area contributed by atoms with E-state index in [1.165, 1.54) is 13.2 Å². The first kappa shape index (κ1) is 23.2. The number of carbonyl (C=O) groups is 1. The van der Waals surface area contributed by atoms with E-state index in [-0.39, 0.29) is 17.5 Å². The molecule has 0 spiro atoms. The molecule has 35 heavy (non-hydrogen) atoms. The summed E-state index contributed by atoms with van der Waals surface area (Å²) < 4.78 is 20.9. The van der Waals surface area contributed by atoms with Gasteiger partial charge in [0.05, 0.1) is 12.6 Å². The first-order valence-corrected chi connectivity index (χ1v) is 12.0. The zero-order valence-electron chi connectivity index (χ0n) is 20.4. The van der Waals surface area contributed by atoms with Gasteiger partial charge in [0.1, 0.15) is 0 Å². The molecule has 0 unspecified atom stereocenters. The summed E-state index contributed by atoms with van der Waals surface area (Å²) in [5, 5.41) is 5.75. The smallest absolute Gasteiger partial charge is 0.222 e. The Labute approximate surface area is 204 Å². The van der Waals surface area contributed by atoms with Crippen molar-refractivity contribution in [1.29, 1.82) is 0 Å². The van der Waals surface area contributed by atoms with Crippen LogP contribution in [0.3, 0.4) is 0 Å². The summed E-state index contributed by atoms with van der Waals surface area (Å²) in [5.74, 6) is 0.0646. The molecule has 3 heterocycles. The normalized spacial score (nSPS) is 14.7. The Morgan fingerprint density at radius 2 is 1.86 bits per heavy atom. The van der Waals surface area contributed by atoms with Crippen LogP contribution in [0.15, 0.2) is 42.5 Å². The molecule has 0 N–H and O–H groups in total. The highest BCUT2D eigenvalue weighted by atomic mass is 19.1. The fourth-order valence-corrected chi connectivity index (χ4v) is 4.95. The first-order valence-electron chi connectivity index (χ1n) is 12.0. The molecule has 8 heteroatoms. The molecule has 1 aliphatic heterocycles. The van der Waals surface area contributed by atoms with Crippen molar-refractivity contribution < 1.29 is 13.9 Å². The van der Waals surface area contributed by atoms with Crippen molar-refractivity contribution in [2.45, 2.75) is 33.2 Å². The van der Waals surface area contributed by atoms with Gasteiger partial charge in [-0.25, -0.2) is 13.9 Å². The average Bonchev–Trinajstić information content (AvgIpc) is 3.23. The lowest BCUT2D eigenvalue weighted by Gasteiger charge is -2.35. The SMILES string of the molecule is COc1ccc(CN2CCN(C(=O)CCc3c(C)nc4c5ccccc5nn4c3C)CC2)cc1F. The second-order valence-corrected chi connectivity index (χ2v) is 9.14. The number of halogens is 1. The van der Waals surface area contributed by atoms with E-state index in [1.807, 2.05) is 53.6 Å². The highest BCUT2D eigenvalue weighted by Gasteiger charge is 2.22. The molecular weight excluding hydrogens is 445 g/mol. The van der Waals surface area contributed by atoms with Gasteiger partial charge in [0, 0.05) is 55.9 Å². The van der Waals surface area contributed by atoms with Crippen molar-refractivity contribution in [2.24, 2.45) is 0 Å². The first-order chi connectivity index (χ1) is 16.9. The number of carbonyl (C=O) groups excluding carboxylic acids is 1. The van der Waals surface area contributed by atoms with Gasteiger partial charge in [0.2, 0.25) is 5.91 Å². The van der Waals surface area contributed by atoms with Gasteiger partial charge in [-0.15, -0.1) is 0 Å². The molecule has 0 saturated carbocycles. The molecule has 4 aromatic rings. The Morgan fingerprint density at radius 1 is 1.09 bits per heavy atom. The number of methoxy groups -OCH3 is 1. The van der Waals surface area contributed by atoms with Crippen molar-refractivity contribution in [1.82, 2.24) is 24.4 Å². The quantitative estimate of drug-likeness (QED) is 0.423. The summed E-state index contributed by atoms with van der Waals surface area (Å²) in [4.78, 5) is 22.0. The minimum Gasteiger partial charge on any atom is -0.494 e. The van der Waals surface area contributed by atoms with Crippen molar-refractivity contribution >= 4 is 22.5 Å². The number of aromatic nitrogens is 3. The zero-order valence-corrected chi connectivity index (χ0v) is 20.4. The number of amides is 1. The summed E-state index contributed by atoms with van der Waals surface area (Å²) in [5.41, 5.74) is 5.75. The summed E-state index contributed by atoms with van der Waals surface area (Å²) in [7, 11) is 1.46. The lowest BCUT2D eigenvalue weighted by atomic mass is 10.1. The molecule has 2 aromatic heterocycles. The van der Waals surface area contributed by atoms with Crippen LogP contribution >= 0.6 is 0 Å². The number of piperazine rings is 1. The number of fused-ring (bicyclic) bond motifs is 3. The highest BCUT2D eigenvalue weighted by Crippen LogP contribution is 2.23. The van der Waals surface area contributed by atoms with E-state index in [4.69, 9.17) is 14.8 Å². The van der Waals surface area contributed by atoms with E-state index in [9.17, 15) is 9.18 Å². The fraction of sp³-hybridized carbons (Fsp3) is 0.370. The van der Waals surface area contributed by atoms with Crippen LogP contribution in [0.1, 0.15) is 28.9 Å². The molecule has 5 rings (SSSR count). The highest BCUT2D eigenvalue weighted by molar-refractivity contribution is 5.92. The molecule has 0 radical (unpaired) electrons. The number of hydrogen-bond donors (Lipinski definition) is 0. The van der Waals surface area contributed by atoms with E-state index >= 15 is 0 Å². The largest absolute Gasteiger partial charge is 0.494 e. The maximum absolute atomic E-state index is 14.0. The zero-order chi connectivity index (χ0) is 24.5. The second kappa shape index (κ2) is 9.62. The maximum Gasteiger partial charge on any atom is 0.222 e. The van der Waals surface area contributed by atoms with Crippen molar-refractivity contribution in [3.63, 3.8) is 0 Å². The van der Waals surface area contributed by atoms with E-state index in [2.05, 4.69) is 4.90 Å². The van der Waals surface area contributed by atoms with Crippen molar-refractivity contribution in [3.05, 3.63) is 70.8 Å². The fourth-order valence-electron chi connectivity index (χ4n) is 4.95. The lowest BCUT2D eigenvalue weighted by Crippen LogP contribution is -2.48. The van der Waals surface area contributed by atoms with Crippen LogP contribution in [-0.2, 0) is 17.8 Å². The molecule has 2 aromatic carbocycles. The summed E-state index contributed by atoms with van der Waals surface area (Å²) in [6, 6.07) is 13.1. The summed E-state index contributed by atoms with van der Waals surface area (Å²) in [6.45, 7) is 7.61. The second-order valence-electron chi connectivity index (χ2n) is 9.14. The third kappa shape index (κ3) is 4.58. The molecule has 1 saturated heterocycles. The lowest BCUT2D eigenvalue weighted by molar-refractivity contribution is -0.133. The molecule has 0 aliphatic carbocycles. The minimum atomic E-state index is -0.347. The van der Waals surface area contributed by atoms with Crippen LogP contribution < -0.4 is 4.74 Å². The average molecular weight is 476 g/mol. The van der Waals surface area contributed by atoms with Crippen LogP contribution in [0.25, 0.3) is 16.6 Å². The number of benzene rings is 2. The van der Waals surface area contributed by atoms with Gasteiger partial charge in [0.25, 0.3) is 0 Å². The predicted molar refractivity (Wildman–Crippen MR) is 133 cm³/mol. The number of rotatable bonds is 6. The number of hydrogen-bond acceptors (Lipinski definition) is 5. The van der Waals surface area contributed by atoms with Gasteiger partial charge in [0.15, 0.2) is 17.2 Å². The monoisotopic (exact) mass is 475 g/mol. The Balaban J connectivity index is 1.20. The summed E-state index contributed by atoms with van der Waals surface area (Å²) >= 11 is 0. The molecular formula is C27H30FN5O2. The summed E-state index contributed by atoms with van der Waals surface area (Å²) in [6.07, 6.45) is 1.08. The van der Waals surface area contributed by atoms with Gasteiger partial charge in [-0.1, -0.05) is 18.2 Å². The van der Waals surface area contributed by atoms with Gasteiger partial charge in [-0.3, -0.25) is 9.69 Å². The molecule has 182 valence electrons. The van der Waals surface area contributed by atoms with E-state index in [1.54, 1.807) is 6.07 Å². The maximum atomic E-state index is 14.0. The molecule has 0 bridgehead atoms. The molecule has 1 aliphatic rings. The predicted octanol–water partition coefficient (Wildman–Crippen LogP) is 3.92. The number of nitrogens with zero attached hydrogens (tertiary/aromatic N) is 5. The van der Waals surface area contributed by atoms with E-state index in [0.29, 0.717) is 32.5 Å². The molecule has 0 atom stereocenters. The Morgan fingerprint density at radius 3 is 2.60 bits per heavy atom. The van der Waals surface area contributed by atoms with Crippen LogP contribution in [0, 0.1) is 19.7 Å². The molecule has 1 fully saturated rings. The standard InChI is InChI=1S/C27H30FN5O2/c1-18-21(19(2)33-27(29-18)22-6-4-5-7-24(22)30-33)9-11-26(34)32-14-12-31(13-15-32)17-20-8-10-25(35-3)23(28)16-20/h4-8,10,16H,9,11-15,17H2,1-3H3. The van der Waals surface area contributed by atoms with Crippen LogP contribution in [-0.4, -0.2) is 63.6 Å². The third-order valence-electron chi connectivity index (χ3n) is 6.95. The van der Waals surface area contributed by atoms with Crippen molar-refractivity contribution in [2.75, 3.05) is 33.3 Å². The molecule has 7 nitrogen and oxygen atoms in total. The number of ether oxygens (including phenoxy) is 1. The van der Waals surface area contributed by atoms with Gasteiger partial charge >= 0.3 is 0 Å². The third-order valence-corrected chi connectivity index (χ3v) is 6.95. The van der Waals surface area contributed by atoms with Crippen LogP contribution in [0.4, 0.5) is 4.39 Å². The molecule has 1 amide bonds. The van der Waals surface area contributed by atoms with Gasteiger partial charge in [-0.05, 0) is 55.7 Å². The van der Waals surface area contributed by atoms with E-state index in [0.717, 1.165) is 52.2 Å². The van der Waals surface area contributed by atoms with Crippen molar-refractivity contribution in [3.8, 4) is 5.75 Å². The van der Waals surface area contributed by atoms with Gasteiger partial charge < -0.3 is 9.64 Å². The number of aryl methyl sites for hydroxylation is 2. The Kier molecular flexibility index (Phi) is 6.38. The van der Waals surface area contributed by atoms with Crippen LogP contribution in [0.5, 0.6) is 5.75 Å².